The van der Waals surface area contributed by atoms with Crippen molar-refractivity contribution in [2.75, 3.05) is 20.3 Å². The zero-order valence-electron chi connectivity index (χ0n) is 10.1. The van der Waals surface area contributed by atoms with E-state index in [0.29, 0.717) is 13.2 Å². The average molecular weight is 340 g/mol. The van der Waals surface area contributed by atoms with Gasteiger partial charge in [-0.25, -0.2) is 5.84 Å². The van der Waals surface area contributed by atoms with Crippen LogP contribution in [0.2, 0.25) is 0 Å². The number of ether oxygens (including phenoxy) is 1. The Morgan fingerprint density at radius 1 is 1.47 bits per heavy atom. The Morgan fingerprint density at radius 3 is 2.68 bits per heavy atom. The molecule has 0 aromatic heterocycles. The number of amidine groups is 1. The number of nitrogens with one attached hydrogen (secondary N) is 1. The van der Waals surface area contributed by atoms with E-state index >= 15 is 0 Å². The average Bonchev–Trinajstić information content (AvgIpc) is 2.34. The molecule has 8 heteroatoms. The van der Waals surface area contributed by atoms with Gasteiger partial charge in [0, 0.05) is 17.1 Å². The van der Waals surface area contributed by atoms with Crippen LogP contribution in [0.25, 0.3) is 0 Å². The van der Waals surface area contributed by atoms with Gasteiger partial charge in [0.05, 0.1) is 18.7 Å². The van der Waals surface area contributed by atoms with E-state index in [1.807, 2.05) is 0 Å². The van der Waals surface area contributed by atoms with Crippen molar-refractivity contribution in [2.45, 2.75) is 6.18 Å². The van der Waals surface area contributed by atoms with Crippen LogP contribution in [0.3, 0.4) is 0 Å². The smallest absolute Gasteiger partial charge is 0.383 e. The molecule has 0 amide bonds. The highest BCUT2D eigenvalue weighted by molar-refractivity contribution is 9.10. The number of hydrogen-bond donors (Lipinski definition) is 2. The molecule has 0 aliphatic carbocycles. The SMILES string of the molecule is COCCN=C(NN)c1ccc(Br)c(C(F)(F)F)c1. The van der Waals surface area contributed by atoms with Crippen molar-refractivity contribution in [1.82, 2.24) is 5.43 Å². The number of nitrogens with zero attached hydrogens (tertiary/aromatic N) is 1. The molecule has 0 saturated heterocycles. The number of benzene rings is 1. The van der Waals surface area contributed by atoms with Crippen LogP contribution in [0.4, 0.5) is 13.2 Å². The maximum Gasteiger partial charge on any atom is 0.417 e. The standard InChI is InChI=1S/C11H13BrF3N3O/c1-19-5-4-17-10(18-16)7-2-3-9(12)8(6-7)11(13,14)15/h2-3,6H,4-5,16H2,1H3,(H,17,18). The first-order chi connectivity index (χ1) is 8.90. The lowest BCUT2D eigenvalue weighted by molar-refractivity contribution is -0.138. The van der Waals surface area contributed by atoms with Crippen molar-refractivity contribution in [2.24, 2.45) is 10.8 Å². The van der Waals surface area contributed by atoms with Crippen LogP contribution in [0.15, 0.2) is 27.7 Å². The Kier molecular flexibility index (Phi) is 5.77. The molecule has 0 saturated carbocycles. The minimum Gasteiger partial charge on any atom is -0.383 e. The zero-order chi connectivity index (χ0) is 14.5. The van der Waals surface area contributed by atoms with Crippen molar-refractivity contribution >= 4 is 21.8 Å². The van der Waals surface area contributed by atoms with Gasteiger partial charge in [-0.1, -0.05) is 22.0 Å². The second kappa shape index (κ2) is 6.88. The fourth-order valence-corrected chi connectivity index (χ4v) is 1.83. The second-order valence-corrected chi connectivity index (χ2v) is 4.41. The Labute approximate surface area is 116 Å². The molecule has 0 unspecified atom stereocenters. The summed E-state index contributed by atoms with van der Waals surface area (Å²) < 4.78 is 43.1. The van der Waals surface area contributed by atoms with Crippen LogP contribution < -0.4 is 11.3 Å². The molecule has 0 bridgehead atoms. The molecule has 0 radical (unpaired) electrons. The van der Waals surface area contributed by atoms with E-state index in [1.165, 1.54) is 19.2 Å². The van der Waals surface area contributed by atoms with Crippen LogP contribution in [0.5, 0.6) is 0 Å². The first kappa shape index (κ1) is 15.9. The molecule has 3 N–H and O–H groups in total. The minimum absolute atomic E-state index is 0.0305. The quantitative estimate of drug-likeness (QED) is 0.291. The molecule has 19 heavy (non-hydrogen) atoms. The number of halogens is 4. The summed E-state index contributed by atoms with van der Waals surface area (Å²) in [6.45, 7) is 0.654. The maximum atomic E-state index is 12.8. The molecule has 1 aromatic carbocycles. The van der Waals surface area contributed by atoms with E-state index in [0.717, 1.165) is 6.07 Å². The molecular weight excluding hydrogens is 327 g/mol. The monoisotopic (exact) mass is 339 g/mol. The highest BCUT2D eigenvalue weighted by Crippen LogP contribution is 2.35. The topological polar surface area (TPSA) is 59.6 Å². The third kappa shape index (κ3) is 4.48. The molecule has 0 aliphatic heterocycles. The van der Waals surface area contributed by atoms with Gasteiger partial charge in [-0.3, -0.25) is 4.99 Å². The fraction of sp³-hybridized carbons (Fsp3) is 0.364. The van der Waals surface area contributed by atoms with Gasteiger partial charge in [-0.2, -0.15) is 13.2 Å². The van der Waals surface area contributed by atoms with Crippen LogP contribution >= 0.6 is 15.9 Å². The third-order valence-electron chi connectivity index (χ3n) is 2.25. The van der Waals surface area contributed by atoms with Gasteiger partial charge >= 0.3 is 6.18 Å². The summed E-state index contributed by atoms with van der Waals surface area (Å²) in [6.07, 6.45) is -4.44. The molecule has 4 nitrogen and oxygen atoms in total. The Bertz CT molecular complexity index is 463. The van der Waals surface area contributed by atoms with Gasteiger partial charge in [0.15, 0.2) is 0 Å². The first-order valence-corrected chi connectivity index (χ1v) is 6.06. The summed E-state index contributed by atoms with van der Waals surface area (Å²) in [4.78, 5) is 4.03. The van der Waals surface area contributed by atoms with Gasteiger partial charge in [-0.15, -0.1) is 0 Å². The number of alkyl halides is 3. The summed E-state index contributed by atoms with van der Waals surface area (Å²) in [5.74, 6) is 5.45. The number of aliphatic imine (C=N–C) groups is 1. The Balaban J connectivity index is 3.09. The molecular formula is C11H13BrF3N3O. The Hall–Kier alpha value is -1.12. The zero-order valence-corrected chi connectivity index (χ0v) is 11.7. The van der Waals surface area contributed by atoms with Gasteiger partial charge in [0.25, 0.3) is 0 Å². The van der Waals surface area contributed by atoms with Gasteiger partial charge < -0.3 is 10.2 Å². The second-order valence-electron chi connectivity index (χ2n) is 3.56. The van der Waals surface area contributed by atoms with E-state index in [2.05, 4.69) is 26.3 Å². The lowest BCUT2D eigenvalue weighted by atomic mass is 10.1. The highest BCUT2D eigenvalue weighted by Gasteiger charge is 2.33. The van der Waals surface area contributed by atoms with E-state index in [1.54, 1.807) is 0 Å². The van der Waals surface area contributed by atoms with E-state index in [-0.39, 0.29) is 15.9 Å². The number of rotatable bonds is 4. The molecule has 0 aliphatic rings. The summed E-state index contributed by atoms with van der Waals surface area (Å²) in [5, 5.41) is 0. The molecule has 0 atom stereocenters. The van der Waals surface area contributed by atoms with Gasteiger partial charge in [0.2, 0.25) is 0 Å². The molecule has 0 fully saturated rings. The maximum absolute atomic E-state index is 12.8. The number of nitrogens with two attached hydrogens (primary N) is 1. The van der Waals surface area contributed by atoms with E-state index < -0.39 is 11.7 Å². The predicted molar refractivity (Wildman–Crippen MR) is 69.7 cm³/mol. The summed E-state index contributed by atoms with van der Waals surface area (Å²) in [5.41, 5.74) is 1.77. The van der Waals surface area contributed by atoms with Crippen molar-refractivity contribution in [3.8, 4) is 0 Å². The normalized spacial score (nSPS) is 12.6. The third-order valence-corrected chi connectivity index (χ3v) is 2.94. The van der Waals surface area contributed by atoms with E-state index in [9.17, 15) is 13.2 Å². The molecule has 0 heterocycles. The van der Waals surface area contributed by atoms with Gasteiger partial charge in [-0.05, 0) is 12.1 Å². The number of methoxy groups -OCH3 is 1. The Morgan fingerprint density at radius 2 is 2.16 bits per heavy atom. The lowest BCUT2D eigenvalue weighted by Gasteiger charge is -2.12. The lowest BCUT2D eigenvalue weighted by Crippen LogP contribution is -2.31. The van der Waals surface area contributed by atoms with Gasteiger partial charge in [0.1, 0.15) is 5.84 Å². The van der Waals surface area contributed by atoms with Crippen LogP contribution in [-0.2, 0) is 10.9 Å². The first-order valence-electron chi connectivity index (χ1n) is 5.27. The molecule has 106 valence electrons. The molecule has 1 aromatic rings. The number of hydrazine groups is 1. The fourth-order valence-electron chi connectivity index (χ4n) is 1.36. The molecule has 1 rings (SSSR count). The van der Waals surface area contributed by atoms with E-state index in [4.69, 9.17) is 10.6 Å². The minimum atomic E-state index is -4.44. The highest BCUT2D eigenvalue weighted by atomic mass is 79.9. The summed E-state index contributed by atoms with van der Waals surface area (Å²) in [6, 6.07) is 3.78. The van der Waals surface area contributed by atoms with Crippen LogP contribution in [0, 0.1) is 0 Å². The van der Waals surface area contributed by atoms with Crippen molar-refractivity contribution in [3.05, 3.63) is 33.8 Å². The van der Waals surface area contributed by atoms with Crippen molar-refractivity contribution in [3.63, 3.8) is 0 Å². The number of hydrogen-bond acceptors (Lipinski definition) is 3. The van der Waals surface area contributed by atoms with Crippen LogP contribution in [-0.4, -0.2) is 26.1 Å². The van der Waals surface area contributed by atoms with Crippen molar-refractivity contribution < 1.29 is 17.9 Å². The summed E-state index contributed by atoms with van der Waals surface area (Å²) >= 11 is 2.87. The largest absolute Gasteiger partial charge is 0.417 e. The molecule has 0 spiro atoms. The van der Waals surface area contributed by atoms with Crippen molar-refractivity contribution in [1.29, 1.82) is 0 Å². The van der Waals surface area contributed by atoms with Crippen LogP contribution in [0.1, 0.15) is 11.1 Å². The summed E-state index contributed by atoms with van der Waals surface area (Å²) in [7, 11) is 1.51. The predicted octanol–water partition coefficient (Wildman–Crippen LogP) is 2.32.